The second kappa shape index (κ2) is 8.92. The average molecular weight is 456 g/mol. The van der Waals surface area contributed by atoms with E-state index in [2.05, 4.69) is 30.3 Å². The zero-order chi connectivity index (χ0) is 22.9. The van der Waals surface area contributed by atoms with Gasteiger partial charge >= 0.3 is 6.01 Å². The topological polar surface area (TPSA) is 81.0 Å². The number of ether oxygens (including phenoxy) is 1. The lowest BCUT2D eigenvalue weighted by Gasteiger charge is -2.38. The first-order chi connectivity index (χ1) is 16.0. The summed E-state index contributed by atoms with van der Waals surface area (Å²) in [6, 6.07) is 5.56. The molecule has 2 bridgehead atoms. The first-order valence-electron chi connectivity index (χ1n) is 11.4. The molecule has 33 heavy (non-hydrogen) atoms. The standard InChI is InChI=1S/C23H27F2N7O/c1-3-6-32-23(33-19-9-17(24)8-18(25)10-19)29-22(30-32)28-21-15-4-5-16(21)12-31(11-15)20-7-14(2)26-13-27-20/h7-10,13,15-16,21H,3-6,11-12H2,1-2H3,(H,28,30)/t15-,16+,21-. The Hall–Kier alpha value is -3.30. The van der Waals surface area contributed by atoms with Gasteiger partial charge < -0.3 is 15.0 Å². The molecule has 174 valence electrons. The largest absolute Gasteiger partial charge is 0.424 e. The van der Waals surface area contributed by atoms with E-state index in [4.69, 9.17) is 4.74 Å². The van der Waals surface area contributed by atoms with Crippen LogP contribution >= 0.6 is 0 Å². The van der Waals surface area contributed by atoms with Crippen LogP contribution < -0.4 is 15.0 Å². The molecule has 10 heteroatoms. The predicted molar refractivity (Wildman–Crippen MR) is 119 cm³/mol. The summed E-state index contributed by atoms with van der Waals surface area (Å²) in [7, 11) is 0. The third-order valence-corrected chi connectivity index (χ3v) is 6.36. The number of rotatable bonds is 7. The Kier molecular flexibility index (Phi) is 5.82. The van der Waals surface area contributed by atoms with Crippen LogP contribution in [0.2, 0.25) is 0 Å². The summed E-state index contributed by atoms with van der Waals surface area (Å²) in [5.41, 5.74) is 0.962. The van der Waals surface area contributed by atoms with Gasteiger partial charge in [-0.15, -0.1) is 5.10 Å². The molecule has 3 heterocycles. The molecule has 0 amide bonds. The molecule has 3 aromatic rings. The van der Waals surface area contributed by atoms with Gasteiger partial charge in [0.1, 0.15) is 29.5 Å². The molecule has 1 aliphatic heterocycles. The van der Waals surface area contributed by atoms with Crippen LogP contribution in [0, 0.1) is 30.4 Å². The van der Waals surface area contributed by atoms with Crippen molar-refractivity contribution in [1.29, 1.82) is 0 Å². The molecule has 0 unspecified atom stereocenters. The molecule has 1 N–H and O–H groups in total. The van der Waals surface area contributed by atoms with Crippen molar-refractivity contribution in [2.24, 2.45) is 11.8 Å². The Morgan fingerprint density at radius 2 is 1.79 bits per heavy atom. The maximum atomic E-state index is 13.6. The van der Waals surface area contributed by atoms with E-state index < -0.39 is 11.6 Å². The Morgan fingerprint density at radius 1 is 1.06 bits per heavy atom. The van der Waals surface area contributed by atoms with Gasteiger partial charge in [0.2, 0.25) is 5.95 Å². The zero-order valence-electron chi connectivity index (χ0n) is 18.7. The molecule has 1 saturated heterocycles. The molecule has 3 atom stereocenters. The van der Waals surface area contributed by atoms with Crippen LogP contribution in [0.4, 0.5) is 20.5 Å². The number of halogens is 2. The van der Waals surface area contributed by atoms with Crippen LogP contribution in [0.5, 0.6) is 11.8 Å². The monoisotopic (exact) mass is 455 g/mol. The molecule has 2 aliphatic rings. The quantitative estimate of drug-likeness (QED) is 0.572. The fraction of sp³-hybridized carbons (Fsp3) is 0.478. The SMILES string of the molecule is CCCn1nc(N[C@@H]2[C@@H]3CC[C@H]2CN(c2cc(C)ncn2)C3)nc1Oc1cc(F)cc(F)c1. The molecular formula is C23H27F2N7O. The molecule has 0 spiro atoms. The summed E-state index contributed by atoms with van der Waals surface area (Å²) < 4.78 is 34.5. The van der Waals surface area contributed by atoms with Crippen LogP contribution in [-0.4, -0.2) is 43.9 Å². The number of hydrogen-bond donors (Lipinski definition) is 1. The molecule has 1 aliphatic carbocycles. The smallest absolute Gasteiger partial charge is 0.322 e. The van der Waals surface area contributed by atoms with Crippen molar-refractivity contribution >= 4 is 11.8 Å². The van der Waals surface area contributed by atoms with Crippen molar-refractivity contribution < 1.29 is 13.5 Å². The Morgan fingerprint density at radius 3 is 2.45 bits per heavy atom. The van der Waals surface area contributed by atoms with Gasteiger partial charge in [-0.1, -0.05) is 6.92 Å². The molecule has 5 rings (SSSR count). The highest BCUT2D eigenvalue weighted by atomic mass is 19.1. The Bertz CT molecular complexity index is 1100. The van der Waals surface area contributed by atoms with Gasteiger partial charge in [-0.2, -0.15) is 4.98 Å². The van der Waals surface area contributed by atoms with Crippen LogP contribution in [0.1, 0.15) is 31.9 Å². The summed E-state index contributed by atoms with van der Waals surface area (Å²) in [6.07, 6.45) is 4.70. The normalized spacial score (nSPS) is 21.9. The van der Waals surface area contributed by atoms with E-state index >= 15 is 0 Å². The van der Waals surface area contributed by atoms with Gasteiger partial charge in [-0.3, -0.25) is 0 Å². The molecule has 1 saturated carbocycles. The number of fused-ring (bicyclic) bond motifs is 2. The second-order valence-electron chi connectivity index (χ2n) is 8.84. The van der Waals surface area contributed by atoms with Gasteiger partial charge in [-0.25, -0.2) is 23.4 Å². The van der Waals surface area contributed by atoms with E-state index in [1.807, 2.05) is 19.9 Å². The lowest BCUT2D eigenvalue weighted by Crippen LogP contribution is -2.48. The van der Waals surface area contributed by atoms with E-state index in [0.29, 0.717) is 24.3 Å². The number of nitrogens with one attached hydrogen (secondary N) is 1. The number of piperidine rings is 1. The number of hydrogen-bond acceptors (Lipinski definition) is 7. The molecule has 2 aromatic heterocycles. The van der Waals surface area contributed by atoms with Gasteiger partial charge in [-0.05, 0) is 38.0 Å². The van der Waals surface area contributed by atoms with Gasteiger partial charge in [0, 0.05) is 55.6 Å². The third-order valence-electron chi connectivity index (χ3n) is 6.36. The maximum Gasteiger partial charge on any atom is 0.322 e. The lowest BCUT2D eigenvalue weighted by atomic mass is 9.92. The number of anilines is 2. The first-order valence-corrected chi connectivity index (χ1v) is 11.4. The minimum atomic E-state index is -0.702. The molecular weight excluding hydrogens is 428 g/mol. The van der Waals surface area contributed by atoms with Gasteiger partial charge in [0.25, 0.3) is 0 Å². The lowest BCUT2D eigenvalue weighted by molar-refractivity contribution is 0.374. The van der Waals surface area contributed by atoms with Crippen molar-refractivity contribution in [1.82, 2.24) is 24.7 Å². The number of nitrogens with zero attached hydrogens (tertiary/aromatic N) is 6. The van der Waals surface area contributed by atoms with Crippen LogP contribution in [-0.2, 0) is 6.54 Å². The first kappa shape index (κ1) is 21.5. The maximum absolute atomic E-state index is 13.6. The zero-order valence-corrected chi connectivity index (χ0v) is 18.7. The number of aromatic nitrogens is 5. The molecule has 0 radical (unpaired) electrons. The van der Waals surface area contributed by atoms with Crippen LogP contribution in [0.25, 0.3) is 0 Å². The minimum absolute atomic E-state index is 0.0531. The summed E-state index contributed by atoms with van der Waals surface area (Å²) in [5, 5.41) is 8.09. The van der Waals surface area contributed by atoms with E-state index in [1.165, 1.54) is 0 Å². The third kappa shape index (κ3) is 4.60. The van der Waals surface area contributed by atoms with Crippen LogP contribution in [0.15, 0.2) is 30.6 Å². The highest BCUT2D eigenvalue weighted by molar-refractivity contribution is 5.42. The van der Waals surface area contributed by atoms with Crippen molar-refractivity contribution in [3.05, 3.63) is 47.9 Å². The van der Waals surface area contributed by atoms with Crippen LogP contribution in [0.3, 0.4) is 0 Å². The van der Waals surface area contributed by atoms with E-state index in [-0.39, 0.29) is 17.8 Å². The molecule has 2 fully saturated rings. The van der Waals surface area contributed by atoms with Gasteiger partial charge in [0.05, 0.1) is 0 Å². The van der Waals surface area contributed by atoms with E-state index in [0.717, 1.165) is 62.1 Å². The summed E-state index contributed by atoms with van der Waals surface area (Å²) >= 11 is 0. The number of aryl methyl sites for hydroxylation is 2. The summed E-state index contributed by atoms with van der Waals surface area (Å²) in [5.74, 6) is 0.985. The average Bonchev–Trinajstić information content (AvgIpc) is 3.22. The highest BCUT2D eigenvalue weighted by Gasteiger charge is 2.43. The van der Waals surface area contributed by atoms with Crippen molar-refractivity contribution in [2.75, 3.05) is 23.3 Å². The Labute approximate surface area is 191 Å². The van der Waals surface area contributed by atoms with Crippen molar-refractivity contribution in [2.45, 2.75) is 45.7 Å². The summed E-state index contributed by atoms with van der Waals surface area (Å²) in [4.78, 5) is 15.5. The van der Waals surface area contributed by atoms with Crippen molar-refractivity contribution in [3.8, 4) is 11.8 Å². The number of benzene rings is 1. The second-order valence-corrected chi connectivity index (χ2v) is 8.84. The highest BCUT2D eigenvalue weighted by Crippen LogP contribution is 2.39. The minimum Gasteiger partial charge on any atom is -0.424 e. The molecule has 8 nitrogen and oxygen atoms in total. The summed E-state index contributed by atoms with van der Waals surface area (Å²) in [6.45, 7) is 6.40. The fourth-order valence-corrected chi connectivity index (χ4v) is 4.92. The van der Waals surface area contributed by atoms with E-state index in [9.17, 15) is 8.78 Å². The predicted octanol–water partition coefficient (Wildman–Crippen LogP) is 4.18. The Balaban J connectivity index is 1.32. The van der Waals surface area contributed by atoms with E-state index in [1.54, 1.807) is 11.0 Å². The van der Waals surface area contributed by atoms with Crippen molar-refractivity contribution in [3.63, 3.8) is 0 Å². The van der Waals surface area contributed by atoms with Gasteiger partial charge in [0.15, 0.2) is 0 Å². The molecule has 1 aromatic carbocycles. The fourth-order valence-electron chi connectivity index (χ4n) is 4.92.